The van der Waals surface area contributed by atoms with E-state index in [1.54, 1.807) is 18.5 Å². The van der Waals surface area contributed by atoms with Crippen molar-refractivity contribution in [1.29, 1.82) is 0 Å². The fraction of sp³-hybridized carbons (Fsp3) is 0.444. The smallest absolute Gasteiger partial charge is 0.255 e. The maximum Gasteiger partial charge on any atom is 0.255 e. The number of rotatable bonds is 3. The van der Waals surface area contributed by atoms with Gasteiger partial charge >= 0.3 is 0 Å². The highest BCUT2D eigenvalue weighted by Crippen LogP contribution is 2.20. The molecule has 2 aliphatic rings. The lowest BCUT2D eigenvalue weighted by Crippen LogP contribution is -2.49. The number of nitrogens with zero attached hydrogens (tertiary/aromatic N) is 6. The molecule has 0 bridgehead atoms. The number of carbonyl (C=O) groups excluding carboxylic acids is 1. The van der Waals surface area contributed by atoms with Gasteiger partial charge in [0.1, 0.15) is 5.82 Å². The van der Waals surface area contributed by atoms with Crippen LogP contribution in [0.15, 0.2) is 36.8 Å². The Kier molecular flexibility index (Phi) is 4.45. The highest BCUT2D eigenvalue weighted by atomic mass is 16.2. The van der Waals surface area contributed by atoms with E-state index in [9.17, 15) is 4.79 Å². The first-order chi connectivity index (χ1) is 12.3. The summed E-state index contributed by atoms with van der Waals surface area (Å²) in [6, 6.07) is 5.57. The van der Waals surface area contributed by atoms with Gasteiger partial charge in [0.05, 0.1) is 5.56 Å². The zero-order valence-electron chi connectivity index (χ0n) is 14.2. The Morgan fingerprint density at radius 3 is 2.44 bits per heavy atom. The zero-order valence-corrected chi connectivity index (χ0v) is 14.2. The Morgan fingerprint density at radius 1 is 0.920 bits per heavy atom. The first-order valence-corrected chi connectivity index (χ1v) is 8.83. The fourth-order valence-electron chi connectivity index (χ4n) is 3.40. The van der Waals surface area contributed by atoms with Gasteiger partial charge in [0.25, 0.3) is 5.91 Å². The summed E-state index contributed by atoms with van der Waals surface area (Å²) in [5.41, 5.74) is 0.648. The third-order valence-electron chi connectivity index (χ3n) is 4.82. The molecule has 2 aromatic heterocycles. The predicted octanol–water partition coefficient (Wildman–Crippen LogP) is 1.43. The molecule has 2 saturated heterocycles. The molecule has 2 fully saturated rings. The largest absolute Gasteiger partial charge is 0.353 e. The molecule has 0 radical (unpaired) electrons. The quantitative estimate of drug-likeness (QED) is 0.844. The highest BCUT2D eigenvalue weighted by Gasteiger charge is 2.24. The molecule has 1 amide bonds. The van der Waals surface area contributed by atoms with E-state index in [1.807, 2.05) is 23.2 Å². The maximum atomic E-state index is 12.5. The first-order valence-electron chi connectivity index (χ1n) is 8.83. The van der Waals surface area contributed by atoms with Crippen molar-refractivity contribution >= 4 is 17.7 Å². The van der Waals surface area contributed by atoms with Crippen LogP contribution in [0.4, 0.5) is 11.8 Å². The van der Waals surface area contributed by atoms with E-state index in [1.165, 1.54) is 12.8 Å². The number of piperazine rings is 1. The normalized spacial score (nSPS) is 17.8. The molecule has 0 atom stereocenters. The molecule has 0 spiro atoms. The minimum atomic E-state index is 0.0493. The molecule has 2 aliphatic heterocycles. The van der Waals surface area contributed by atoms with Crippen molar-refractivity contribution in [3.8, 4) is 0 Å². The number of anilines is 2. The van der Waals surface area contributed by atoms with Crippen LogP contribution in [0.5, 0.6) is 0 Å². The number of amides is 1. The second-order valence-electron chi connectivity index (χ2n) is 6.43. The van der Waals surface area contributed by atoms with Gasteiger partial charge in [-0.25, -0.2) is 4.98 Å². The Labute approximate surface area is 147 Å². The van der Waals surface area contributed by atoms with E-state index in [0.717, 1.165) is 37.9 Å². The Bertz CT molecular complexity index is 723. The Morgan fingerprint density at radius 2 is 1.72 bits per heavy atom. The van der Waals surface area contributed by atoms with E-state index in [-0.39, 0.29) is 5.91 Å². The minimum absolute atomic E-state index is 0.0493. The van der Waals surface area contributed by atoms with Gasteiger partial charge in [-0.05, 0) is 31.0 Å². The van der Waals surface area contributed by atoms with Crippen molar-refractivity contribution in [2.45, 2.75) is 12.8 Å². The third kappa shape index (κ3) is 3.40. The molecule has 0 aliphatic carbocycles. The fourth-order valence-corrected chi connectivity index (χ4v) is 3.40. The summed E-state index contributed by atoms with van der Waals surface area (Å²) < 4.78 is 0. The number of aromatic nitrogens is 3. The monoisotopic (exact) mass is 338 g/mol. The molecule has 4 heterocycles. The molecule has 0 saturated carbocycles. The molecule has 7 heteroatoms. The van der Waals surface area contributed by atoms with Gasteiger partial charge in [0, 0.05) is 57.9 Å². The number of carbonyl (C=O) groups is 1. The third-order valence-corrected chi connectivity index (χ3v) is 4.82. The van der Waals surface area contributed by atoms with Crippen LogP contribution < -0.4 is 9.80 Å². The lowest BCUT2D eigenvalue weighted by Gasteiger charge is -2.35. The van der Waals surface area contributed by atoms with Crippen LogP contribution >= 0.6 is 0 Å². The number of pyridine rings is 1. The van der Waals surface area contributed by atoms with Crippen LogP contribution in [0.1, 0.15) is 23.2 Å². The number of hydrogen-bond acceptors (Lipinski definition) is 6. The molecule has 7 nitrogen and oxygen atoms in total. The average molecular weight is 338 g/mol. The van der Waals surface area contributed by atoms with E-state index < -0.39 is 0 Å². The van der Waals surface area contributed by atoms with Crippen LogP contribution in [0.25, 0.3) is 0 Å². The van der Waals surface area contributed by atoms with Crippen LogP contribution in [0, 0.1) is 0 Å². The van der Waals surface area contributed by atoms with Crippen molar-refractivity contribution in [2.75, 3.05) is 49.1 Å². The highest BCUT2D eigenvalue weighted by molar-refractivity contribution is 5.94. The van der Waals surface area contributed by atoms with Crippen molar-refractivity contribution in [2.24, 2.45) is 0 Å². The maximum absolute atomic E-state index is 12.5. The SMILES string of the molecule is O=C(c1cccnc1)N1CCN(c2ccnc(N3CCCC3)n2)CC1. The lowest BCUT2D eigenvalue weighted by atomic mass is 10.2. The van der Waals surface area contributed by atoms with E-state index in [4.69, 9.17) is 4.98 Å². The molecular formula is C18H22N6O. The van der Waals surface area contributed by atoms with Crippen LogP contribution in [-0.2, 0) is 0 Å². The van der Waals surface area contributed by atoms with E-state index in [0.29, 0.717) is 18.7 Å². The first kappa shape index (κ1) is 15.8. The second kappa shape index (κ2) is 7.04. The molecule has 2 aromatic rings. The average Bonchev–Trinajstić information content (AvgIpc) is 3.23. The summed E-state index contributed by atoms with van der Waals surface area (Å²) in [7, 11) is 0. The molecule has 0 unspecified atom stereocenters. The molecule has 25 heavy (non-hydrogen) atoms. The van der Waals surface area contributed by atoms with Gasteiger partial charge in [-0.1, -0.05) is 0 Å². The molecule has 0 aromatic carbocycles. The second-order valence-corrected chi connectivity index (χ2v) is 6.43. The summed E-state index contributed by atoms with van der Waals surface area (Å²) in [4.78, 5) is 32.0. The van der Waals surface area contributed by atoms with Crippen LogP contribution in [0.3, 0.4) is 0 Å². The summed E-state index contributed by atoms with van der Waals surface area (Å²) in [6.07, 6.45) is 7.57. The van der Waals surface area contributed by atoms with Crippen LogP contribution in [0.2, 0.25) is 0 Å². The lowest BCUT2D eigenvalue weighted by molar-refractivity contribution is 0.0746. The van der Waals surface area contributed by atoms with E-state index in [2.05, 4.69) is 19.8 Å². The van der Waals surface area contributed by atoms with Gasteiger partial charge in [0.15, 0.2) is 0 Å². The summed E-state index contributed by atoms with van der Waals surface area (Å²) in [5.74, 6) is 1.82. The van der Waals surface area contributed by atoms with Crippen LogP contribution in [-0.4, -0.2) is 65.0 Å². The van der Waals surface area contributed by atoms with Gasteiger partial charge < -0.3 is 14.7 Å². The summed E-state index contributed by atoms with van der Waals surface area (Å²) in [6.45, 7) is 5.02. The minimum Gasteiger partial charge on any atom is -0.353 e. The summed E-state index contributed by atoms with van der Waals surface area (Å²) >= 11 is 0. The standard InChI is InChI=1S/C18H22N6O/c25-17(15-4-3-6-19-14-15)23-12-10-22(11-13-23)16-5-7-20-18(21-16)24-8-1-2-9-24/h3-7,14H,1-2,8-13H2. The molecule has 0 N–H and O–H groups in total. The van der Waals surface area contributed by atoms with Gasteiger partial charge in [-0.3, -0.25) is 9.78 Å². The van der Waals surface area contributed by atoms with Gasteiger partial charge in [-0.15, -0.1) is 0 Å². The summed E-state index contributed by atoms with van der Waals surface area (Å²) in [5, 5.41) is 0. The van der Waals surface area contributed by atoms with Crippen molar-refractivity contribution in [3.63, 3.8) is 0 Å². The molecular weight excluding hydrogens is 316 g/mol. The van der Waals surface area contributed by atoms with E-state index >= 15 is 0 Å². The molecule has 130 valence electrons. The van der Waals surface area contributed by atoms with Gasteiger partial charge in [-0.2, -0.15) is 4.98 Å². The predicted molar refractivity (Wildman–Crippen MR) is 95.8 cm³/mol. The Hall–Kier alpha value is -2.70. The van der Waals surface area contributed by atoms with Crippen molar-refractivity contribution < 1.29 is 4.79 Å². The molecule has 4 rings (SSSR count). The van der Waals surface area contributed by atoms with Gasteiger partial charge in [0.2, 0.25) is 5.95 Å². The van der Waals surface area contributed by atoms with Crippen molar-refractivity contribution in [3.05, 3.63) is 42.4 Å². The number of hydrogen-bond donors (Lipinski definition) is 0. The Balaban J connectivity index is 1.40. The topological polar surface area (TPSA) is 65.5 Å². The zero-order chi connectivity index (χ0) is 17.1. The van der Waals surface area contributed by atoms with Crippen molar-refractivity contribution in [1.82, 2.24) is 19.9 Å².